The summed E-state index contributed by atoms with van der Waals surface area (Å²) in [6.07, 6.45) is 6.20. The number of aromatic nitrogens is 4. The van der Waals surface area contributed by atoms with E-state index < -0.39 is 21.3 Å². The van der Waals surface area contributed by atoms with Gasteiger partial charge in [0.2, 0.25) is 5.91 Å². The van der Waals surface area contributed by atoms with Crippen molar-refractivity contribution < 1.29 is 60.5 Å². The summed E-state index contributed by atoms with van der Waals surface area (Å²) in [4.78, 5) is 45.3. The van der Waals surface area contributed by atoms with Gasteiger partial charge in [0, 0.05) is 100 Å². The quantitative estimate of drug-likeness (QED) is 0.296. The Balaban J connectivity index is 0.000000179. The highest BCUT2D eigenvalue weighted by Gasteiger charge is 2.34. The van der Waals surface area contributed by atoms with Crippen LogP contribution in [0.1, 0.15) is 123 Å². The highest BCUT2D eigenvalue weighted by molar-refractivity contribution is 9.18. The van der Waals surface area contributed by atoms with Crippen molar-refractivity contribution in [3.8, 4) is 0 Å². The van der Waals surface area contributed by atoms with Crippen molar-refractivity contribution in [2.24, 2.45) is 4.99 Å². The van der Waals surface area contributed by atoms with Crippen LogP contribution in [0.25, 0.3) is 0 Å². The van der Waals surface area contributed by atoms with E-state index >= 15 is 0 Å². The predicted octanol–water partition coefficient (Wildman–Crippen LogP) is 7.30. The zero-order chi connectivity index (χ0) is 53.3. The van der Waals surface area contributed by atoms with Gasteiger partial charge in [-0.15, -0.1) is 0 Å². The number of hydrogen-bond acceptors (Lipinski definition) is 16. The van der Waals surface area contributed by atoms with Gasteiger partial charge >= 0.3 is 12.2 Å². The van der Waals surface area contributed by atoms with Gasteiger partial charge in [0.05, 0.1) is 77.0 Å². The molecule has 0 aliphatic carbocycles. The van der Waals surface area contributed by atoms with E-state index in [9.17, 15) is 22.8 Å². The average Bonchev–Trinajstić information content (AvgIpc) is 4.18. The number of hydrogen-bond donors (Lipinski definition) is 1. The molecule has 418 valence electrons. The molecule has 0 spiro atoms. The highest BCUT2D eigenvalue weighted by Crippen LogP contribution is 2.33. The van der Waals surface area contributed by atoms with Gasteiger partial charge in [-0.3, -0.25) is 23.3 Å². The van der Waals surface area contributed by atoms with E-state index in [-0.39, 0.29) is 37.7 Å². The number of nitrogens with zero attached hydrogens (tertiary/aromatic N) is 8. The van der Waals surface area contributed by atoms with Crippen LogP contribution >= 0.6 is 47.8 Å². The second kappa shape index (κ2) is 27.5. The topological polar surface area (TPSA) is 228 Å². The molecule has 74 heavy (non-hydrogen) atoms. The van der Waals surface area contributed by atoms with E-state index in [2.05, 4.69) is 76.5 Å². The number of amides is 3. The molecule has 25 heteroatoms. The first-order chi connectivity index (χ1) is 34.4. The third-order valence-corrected chi connectivity index (χ3v) is 15.2. The summed E-state index contributed by atoms with van der Waals surface area (Å²) >= 11 is 10.5. The minimum Gasteiger partial charge on any atom is -0.444 e. The Morgan fingerprint density at radius 1 is 0.662 bits per heavy atom. The summed E-state index contributed by atoms with van der Waals surface area (Å²) in [6.45, 7) is 23.0. The molecular formula is C49H77Br3N8O13S. The molecule has 0 radical (unpaired) electrons. The number of rotatable bonds is 4. The summed E-state index contributed by atoms with van der Waals surface area (Å²) in [5.74, 6) is 0.129. The monoisotopic (exact) mass is 1250 g/mol. The molecule has 2 aromatic rings. The van der Waals surface area contributed by atoms with Crippen molar-refractivity contribution in [3.05, 3.63) is 42.9 Å². The van der Waals surface area contributed by atoms with Crippen molar-refractivity contribution in [2.45, 2.75) is 149 Å². The SMILES string of the molecule is C.CC(=O)N1CCc2c(c(Br)nn2[C@H]2CCOC2)C1.CC(C)(C)OC(=O)N1CCC2=C(C1)C(Br)=NC2.CC(C)(C)OC(=O)N1CCc2c(c(Br)nn2[C@H]2CCOC2)C1.CS(=O)(=O)O[C@@H]1CCOC1.O[C@@H]1CCOC1. The fourth-order valence-corrected chi connectivity index (χ4v) is 11.1. The Morgan fingerprint density at radius 3 is 1.54 bits per heavy atom. The molecule has 0 saturated carbocycles. The average molecular weight is 1260 g/mol. The second-order valence-electron chi connectivity index (χ2n) is 20.8. The van der Waals surface area contributed by atoms with Crippen molar-refractivity contribution in [3.63, 3.8) is 0 Å². The Kier molecular flexibility index (Phi) is 23.0. The van der Waals surface area contributed by atoms with E-state index in [1.807, 2.05) is 46.4 Å². The molecule has 4 fully saturated rings. The zero-order valence-electron chi connectivity index (χ0n) is 43.3. The maximum Gasteiger partial charge on any atom is 0.410 e. The third-order valence-electron chi connectivity index (χ3n) is 12.5. The molecule has 10 rings (SSSR count). The van der Waals surface area contributed by atoms with E-state index in [1.165, 1.54) is 17.0 Å². The number of ether oxygens (including phenoxy) is 6. The van der Waals surface area contributed by atoms with Crippen molar-refractivity contribution in [1.29, 1.82) is 0 Å². The standard InChI is InChI=1S/C15H22BrN3O3.C12H16BrN3O2.C12H17BrN2O2.C5H10O4S.C4H8O2.CH4/c1-15(2,3)22-14(20)18-6-4-12-11(8-18)13(16)17-19(12)10-5-7-21-9-10;1-8(17)15-4-2-11-10(6-15)12(13)14-16(11)9-3-5-18-7-9;1-12(2,3)17-11(16)15-5-4-8-6-14-10(13)9(8)7-15;1-10(6,7)9-5-2-3-8-4-5;5-4-1-2-6-3-4;/h10H,4-9H2,1-3H3;9H,2-7H2,1H3;4-7H2,1-3H3;5H,2-4H2,1H3;4-5H,1-3H2;1H4/t10-;9-;;5-;4-;/m00.11./s1. The molecule has 21 nitrogen and oxygen atoms in total. The van der Waals surface area contributed by atoms with Crippen LogP contribution in [0, 0.1) is 0 Å². The summed E-state index contributed by atoms with van der Waals surface area (Å²) in [6, 6.07) is 0.669. The van der Waals surface area contributed by atoms with Crippen LogP contribution in [0.15, 0.2) is 25.3 Å². The number of fused-ring (bicyclic) bond motifs is 2. The molecule has 0 aromatic carbocycles. The first-order valence-electron chi connectivity index (χ1n) is 24.9. The van der Waals surface area contributed by atoms with Crippen LogP contribution in [0.2, 0.25) is 0 Å². The van der Waals surface area contributed by atoms with E-state index in [0.717, 1.165) is 128 Å². The maximum absolute atomic E-state index is 12.2. The number of carbonyl (C=O) groups is 3. The minimum atomic E-state index is -3.29. The molecular weight excluding hydrogens is 1180 g/mol. The lowest BCUT2D eigenvalue weighted by molar-refractivity contribution is -0.129. The summed E-state index contributed by atoms with van der Waals surface area (Å²) in [7, 11) is -3.29. The first kappa shape index (κ1) is 61.8. The van der Waals surface area contributed by atoms with Crippen molar-refractivity contribution in [2.75, 3.05) is 91.8 Å². The van der Waals surface area contributed by atoms with Gasteiger partial charge in [-0.1, -0.05) is 7.43 Å². The number of halogens is 3. The largest absolute Gasteiger partial charge is 0.444 e. The number of carbonyl (C=O) groups excluding carboxylic acids is 3. The van der Waals surface area contributed by atoms with Gasteiger partial charge in [-0.2, -0.15) is 18.6 Å². The molecule has 0 bridgehead atoms. The Labute approximate surface area is 461 Å². The molecule has 10 heterocycles. The number of aliphatic hydroxyl groups excluding tert-OH is 1. The highest BCUT2D eigenvalue weighted by atomic mass is 79.9. The van der Waals surface area contributed by atoms with E-state index in [1.54, 1.807) is 16.7 Å². The van der Waals surface area contributed by atoms with Crippen LogP contribution < -0.4 is 0 Å². The van der Waals surface area contributed by atoms with E-state index in [4.69, 9.17) is 33.5 Å². The lowest BCUT2D eigenvalue weighted by atomic mass is 10.0. The smallest absolute Gasteiger partial charge is 0.410 e. The molecule has 1 N–H and O–H groups in total. The van der Waals surface area contributed by atoms with Crippen LogP contribution in [0.5, 0.6) is 0 Å². The second-order valence-corrected chi connectivity index (χ2v) is 24.7. The van der Waals surface area contributed by atoms with Crippen LogP contribution in [0.4, 0.5) is 9.59 Å². The number of aliphatic imine (C=N–C) groups is 1. The fraction of sp³-hybridized carbons (Fsp3) is 0.755. The van der Waals surface area contributed by atoms with Crippen molar-refractivity contribution >= 4 is 80.6 Å². The fourth-order valence-electron chi connectivity index (χ4n) is 8.88. The molecule has 8 aliphatic heterocycles. The van der Waals surface area contributed by atoms with Gasteiger partial charge in [-0.25, -0.2) is 9.59 Å². The van der Waals surface area contributed by atoms with Crippen LogP contribution in [-0.4, -0.2) is 186 Å². The Morgan fingerprint density at radius 2 is 1.12 bits per heavy atom. The van der Waals surface area contributed by atoms with Crippen LogP contribution in [0.3, 0.4) is 0 Å². The van der Waals surface area contributed by atoms with Gasteiger partial charge in [0.1, 0.15) is 31.1 Å². The molecule has 4 saturated heterocycles. The number of aliphatic hydroxyl groups is 1. The molecule has 4 atom stereocenters. The van der Waals surface area contributed by atoms with Crippen molar-refractivity contribution in [1.82, 2.24) is 34.3 Å². The molecule has 3 amide bonds. The molecule has 0 unspecified atom stereocenters. The van der Waals surface area contributed by atoms with Gasteiger partial charge in [0.25, 0.3) is 10.1 Å². The minimum absolute atomic E-state index is 0. The molecule has 2 aromatic heterocycles. The lowest BCUT2D eigenvalue weighted by Crippen LogP contribution is -2.41. The van der Waals surface area contributed by atoms with E-state index in [0.29, 0.717) is 64.5 Å². The summed E-state index contributed by atoms with van der Waals surface area (Å²) in [5, 5.41) is 17.8. The van der Waals surface area contributed by atoms with Gasteiger partial charge < -0.3 is 48.2 Å². The first-order valence-corrected chi connectivity index (χ1v) is 29.1. The Bertz CT molecular complexity index is 2400. The zero-order valence-corrected chi connectivity index (χ0v) is 48.9. The third kappa shape index (κ3) is 18.3. The summed E-state index contributed by atoms with van der Waals surface area (Å²) < 4.78 is 63.9. The lowest BCUT2D eigenvalue weighted by Gasteiger charge is -2.30. The predicted molar refractivity (Wildman–Crippen MR) is 288 cm³/mol. The maximum atomic E-state index is 12.2. The molecule has 8 aliphatic rings. The Hall–Kier alpha value is -3.01. The normalized spacial score (nSPS) is 23.2. The van der Waals surface area contributed by atoms with Gasteiger partial charge in [-0.05, 0) is 121 Å². The van der Waals surface area contributed by atoms with Gasteiger partial charge in [0.15, 0.2) is 0 Å². The summed E-state index contributed by atoms with van der Waals surface area (Å²) in [5.41, 5.74) is 6.30. The van der Waals surface area contributed by atoms with Crippen LogP contribution in [-0.2, 0) is 73.4 Å².